The minimum Gasteiger partial charge on any atom is -0.245 e. The van der Waals surface area contributed by atoms with E-state index in [-0.39, 0.29) is 0 Å². The van der Waals surface area contributed by atoms with Gasteiger partial charge in [-0.05, 0) is 34.4 Å². The predicted octanol–water partition coefficient (Wildman–Crippen LogP) is 7.32. The Labute approximate surface area is 163 Å². The highest BCUT2D eigenvalue weighted by molar-refractivity contribution is 7.16. The minimum atomic E-state index is 1.10. The molecular weight excluding hydrogens is 346 g/mol. The summed E-state index contributed by atoms with van der Waals surface area (Å²) >= 11 is 1.68. The molecule has 0 bridgehead atoms. The number of para-hydroxylation sites is 1. The van der Waals surface area contributed by atoms with Gasteiger partial charge in [-0.15, -0.1) is 11.3 Å². The Hall–Kier alpha value is -3.23. The first kappa shape index (κ1) is 17.2. The third-order valence-corrected chi connectivity index (χ3v) is 5.14. The molecule has 4 aromatic carbocycles. The van der Waals surface area contributed by atoms with E-state index in [0.717, 1.165) is 5.52 Å². The molecule has 0 spiro atoms. The maximum atomic E-state index is 4.14. The summed E-state index contributed by atoms with van der Waals surface area (Å²) in [6.07, 6.45) is 0. The molecule has 5 aromatic rings. The maximum absolute atomic E-state index is 4.14. The Bertz CT molecular complexity index is 1030. The summed E-state index contributed by atoms with van der Waals surface area (Å²) in [5.41, 5.74) is 8.05. The number of nitrogens with zero attached hydrogens (tertiary/aromatic N) is 1. The second kappa shape index (κ2) is 8.43. The van der Waals surface area contributed by atoms with Crippen molar-refractivity contribution in [1.29, 1.82) is 0 Å². The molecule has 0 atom stereocenters. The lowest BCUT2D eigenvalue weighted by Crippen LogP contribution is -1.83. The number of aromatic nitrogens is 1. The molecule has 1 heterocycles. The van der Waals surface area contributed by atoms with E-state index in [4.69, 9.17) is 0 Å². The molecule has 27 heavy (non-hydrogen) atoms. The van der Waals surface area contributed by atoms with E-state index in [9.17, 15) is 0 Å². The minimum absolute atomic E-state index is 1.10. The summed E-state index contributed by atoms with van der Waals surface area (Å²) in [4.78, 5) is 4.14. The number of thiazole rings is 1. The first-order chi connectivity index (χ1) is 13.4. The molecule has 0 aliphatic heterocycles. The summed E-state index contributed by atoms with van der Waals surface area (Å²) in [5.74, 6) is 0. The van der Waals surface area contributed by atoms with E-state index < -0.39 is 0 Å². The second-order valence-electron chi connectivity index (χ2n) is 6.10. The van der Waals surface area contributed by atoms with E-state index in [1.807, 2.05) is 23.7 Å². The number of rotatable bonds is 2. The molecule has 5 rings (SSSR count). The summed E-state index contributed by atoms with van der Waals surface area (Å²) in [6.45, 7) is 0. The number of hydrogen-bond donors (Lipinski definition) is 0. The SMILES string of the molecule is c1ccc(-c2ccccc2-c2ccccc2)cc1.c1ccc2scnc2c1. The van der Waals surface area contributed by atoms with Crippen LogP contribution in [0.5, 0.6) is 0 Å². The average Bonchev–Trinajstić information content (AvgIpc) is 3.24. The maximum Gasteiger partial charge on any atom is 0.0812 e. The Balaban J connectivity index is 0.000000167. The highest BCUT2D eigenvalue weighted by Gasteiger charge is 2.05. The summed E-state index contributed by atoms with van der Waals surface area (Å²) < 4.78 is 1.26. The largest absolute Gasteiger partial charge is 0.245 e. The Morgan fingerprint density at radius 3 is 1.52 bits per heavy atom. The van der Waals surface area contributed by atoms with Crippen molar-refractivity contribution in [3.63, 3.8) is 0 Å². The smallest absolute Gasteiger partial charge is 0.0812 e. The van der Waals surface area contributed by atoms with Gasteiger partial charge in [0, 0.05) is 0 Å². The van der Waals surface area contributed by atoms with Gasteiger partial charge in [0.25, 0.3) is 0 Å². The zero-order valence-corrected chi connectivity index (χ0v) is 15.6. The van der Waals surface area contributed by atoms with Crippen LogP contribution in [0.4, 0.5) is 0 Å². The molecule has 1 aromatic heterocycles. The summed E-state index contributed by atoms with van der Waals surface area (Å²) in [6, 6.07) is 37.7. The Morgan fingerprint density at radius 2 is 0.963 bits per heavy atom. The topological polar surface area (TPSA) is 12.9 Å². The van der Waals surface area contributed by atoms with E-state index >= 15 is 0 Å². The van der Waals surface area contributed by atoms with Crippen LogP contribution < -0.4 is 0 Å². The lowest BCUT2D eigenvalue weighted by molar-refractivity contribution is 1.50. The quantitative estimate of drug-likeness (QED) is 0.319. The molecule has 0 N–H and O–H groups in total. The molecular formula is C25H19NS. The van der Waals surface area contributed by atoms with Crippen molar-refractivity contribution in [2.75, 3.05) is 0 Å². The normalized spacial score (nSPS) is 10.2. The fraction of sp³-hybridized carbons (Fsp3) is 0. The van der Waals surface area contributed by atoms with Crippen LogP contribution in [0.2, 0.25) is 0 Å². The van der Waals surface area contributed by atoms with Crippen LogP contribution in [-0.2, 0) is 0 Å². The molecule has 0 radical (unpaired) electrons. The van der Waals surface area contributed by atoms with Gasteiger partial charge in [0.2, 0.25) is 0 Å². The molecule has 0 amide bonds. The fourth-order valence-corrected chi connectivity index (χ4v) is 3.70. The molecule has 0 aliphatic carbocycles. The number of fused-ring (bicyclic) bond motifs is 1. The highest BCUT2D eigenvalue weighted by atomic mass is 32.1. The summed E-state index contributed by atoms with van der Waals surface area (Å²) in [5, 5.41) is 0. The third-order valence-electron chi connectivity index (χ3n) is 4.33. The van der Waals surface area contributed by atoms with Gasteiger partial charge in [0.05, 0.1) is 15.7 Å². The molecule has 2 heteroatoms. The monoisotopic (exact) mass is 365 g/mol. The molecule has 0 fully saturated rings. The van der Waals surface area contributed by atoms with Crippen LogP contribution in [0.15, 0.2) is 115 Å². The molecule has 0 saturated heterocycles. The van der Waals surface area contributed by atoms with E-state index in [0.29, 0.717) is 0 Å². The van der Waals surface area contributed by atoms with E-state index in [1.54, 1.807) is 11.3 Å². The standard InChI is InChI=1S/C18H14.C7H5NS/c1-3-9-15(10-4-1)17-13-7-8-14-18(17)16-11-5-2-6-12-16;1-2-4-7-6(3-1)8-5-9-7/h1-14H;1-5H. The Morgan fingerprint density at radius 1 is 0.481 bits per heavy atom. The van der Waals surface area contributed by atoms with Crippen LogP contribution in [0.25, 0.3) is 32.5 Å². The molecule has 1 nitrogen and oxygen atoms in total. The Kier molecular flexibility index (Phi) is 5.37. The zero-order valence-electron chi connectivity index (χ0n) is 14.8. The van der Waals surface area contributed by atoms with Crippen molar-refractivity contribution in [3.05, 3.63) is 115 Å². The fourth-order valence-electron chi connectivity index (χ4n) is 3.03. The van der Waals surface area contributed by atoms with Crippen molar-refractivity contribution >= 4 is 21.6 Å². The van der Waals surface area contributed by atoms with Crippen LogP contribution in [0.3, 0.4) is 0 Å². The number of benzene rings is 4. The van der Waals surface area contributed by atoms with Gasteiger partial charge in [-0.2, -0.15) is 0 Å². The van der Waals surface area contributed by atoms with Crippen LogP contribution >= 0.6 is 11.3 Å². The van der Waals surface area contributed by atoms with Gasteiger partial charge in [-0.25, -0.2) is 4.98 Å². The van der Waals surface area contributed by atoms with Gasteiger partial charge < -0.3 is 0 Å². The van der Waals surface area contributed by atoms with Crippen molar-refractivity contribution in [3.8, 4) is 22.3 Å². The molecule has 0 saturated carbocycles. The third kappa shape index (κ3) is 4.13. The van der Waals surface area contributed by atoms with Crippen molar-refractivity contribution in [1.82, 2.24) is 4.98 Å². The highest BCUT2D eigenvalue weighted by Crippen LogP contribution is 2.31. The lowest BCUT2D eigenvalue weighted by Gasteiger charge is -2.09. The van der Waals surface area contributed by atoms with Gasteiger partial charge >= 0.3 is 0 Å². The van der Waals surface area contributed by atoms with Crippen molar-refractivity contribution < 1.29 is 0 Å². The molecule has 0 unspecified atom stereocenters. The molecule has 130 valence electrons. The first-order valence-electron chi connectivity index (χ1n) is 8.90. The van der Waals surface area contributed by atoms with Crippen LogP contribution in [0, 0.1) is 0 Å². The lowest BCUT2D eigenvalue weighted by atomic mass is 9.95. The van der Waals surface area contributed by atoms with Crippen molar-refractivity contribution in [2.45, 2.75) is 0 Å². The van der Waals surface area contributed by atoms with Gasteiger partial charge in [0.15, 0.2) is 0 Å². The first-order valence-corrected chi connectivity index (χ1v) is 9.78. The average molecular weight is 366 g/mol. The van der Waals surface area contributed by atoms with Gasteiger partial charge in [-0.3, -0.25) is 0 Å². The van der Waals surface area contributed by atoms with Gasteiger partial charge in [-0.1, -0.05) is 97.1 Å². The van der Waals surface area contributed by atoms with Crippen LogP contribution in [-0.4, -0.2) is 4.98 Å². The van der Waals surface area contributed by atoms with Crippen LogP contribution in [0.1, 0.15) is 0 Å². The van der Waals surface area contributed by atoms with E-state index in [2.05, 4.69) is 96.0 Å². The predicted molar refractivity (Wildman–Crippen MR) is 117 cm³/mol. The second-order valence-corrected chi connectivity index (χ2v) is 6.98. The summed E-state index contributed by atoms with van der Waals surface area (Å²) in [7, 11) is 0. The zero-order chi connectivity index (χ0) is 18.3. The van der Waals surface area contributed by atoms with Gasteiger partial charge in [0.1, 0.15) is 0 Å². The molecule has 0 aliphatic rings. The van der Waals surface area contributed by atoms with E-state index in [1.165, 1.54) is 27.0 Å². The number of hydrogen-bond acceptors (Lipinski definition) is 2. The van der Waals surface area contributed by atoms with Crippen molar-refractivity contribution in [2.24, 2.45) is 0 Å².